The summed E-state index contributed by atoms with van der Waals surface area (Å²) in [6.07, 6.45) is 7.57. The smallest absolute Gasteiger partial charge is 0.320 e. The number of hydrogen-bond acceptors (Lipinski definition) is 2. The standard InChI is InChI=1S/C16H23N3O/c1-3-12-9-10-15(17-11-12)19-14-8-6-5-7-13(14)18(4-2)16(19)20/h9-11,13-14H,3-8H2,1-2H3. The van der Waals surface area contributed by atoms with Crippen molar-refractivity contribution in [3.8, 4) is 0 Å². The van der Waals surface area contributed by atoms with Gasteiger partial charge >= 0.3 is 6.03 Å². The summed E-state index contributed by atoms with van der Waals surface area (Å²) < 4.78 is 0. The van der Waals surface area contributed by atoms with Gasteiger partial charge in [-0.1, -0.05) is 25.8 Å². The lowest BCUT2D eigenvalue weighted by atomic mass is 9.90. The van der Waals surface area contributed by atoms with E-state index in [1.807, 2.05) is 22.1 Å². The number of rotatable bonds is 3. The van der Waals surface area contributed by atoms with Gasteiger partial charge in [0.1, 0.15) is 5.82 Å². The van der Waals surface area contributed by atoms with Crippen molar-refractivity contribution in [1.82, 2.24) is 9.88 Å². The zero-order chi connectivity index (χ0) is 14.1. The third kappa shape index (κ3) is 2.07. The maximum absolute atomic E-state index is 12.7. The molecule has 1 saturated carbocycles. The van der Waals surface area contributed by atoms with Crippen LogP contribution in [0.5, 0.6) is 0 Å². The molecule has 0 N–H and O–H groups in total. The summed E-state index contributed by atoms with van der Waals surface area (Å²) in [5, 5.41) is 0. The van der Waals surface area contributed by atoms with E-state index in [9.17, 15) is 4.79 Å². The molecular formula is C16H23N3O. The van der Waals surface area contributed by atoms with E-state index in [-0.39, 0.29) is 6.03 Å². The van der Waals surface area contributed by atoms with E-state index < -0.39 is 0 Å². The van der Waals surface area contributed by atoms with Crippen molar-refractivity contribution < 1.29 is 4.79 Å². The monoisotopic (exact) mass is 273 g/mol. The van der Waals surface area contributed by atoms with Gasteiger partial charge in [0, 0.05) is 12.7 Å². The summed E-state index contributed by atoms with van der Waals surface area (Å²) >= 11 is 0. The van der Waals surface area contributed by atoms with Crippen LogP contribution in [0.3, 0.4) is 0 Å². The molecule has 0 radical (unpaired) electrons. The number of fused-ring (bicyclic) bond motifs is 1. The SMILES string of the molecule is CCc1ccc(N2C(=O)N(CC)C3CCCCC32)nc1. The lowest BCUT2D eigenvalue weighted by Crippen LogP contribution is -2.40. The van der Waals surface area contributed by atoms with Crippen molar-refractivity contribution >= 4 is 11.8 Å². The Morgan fingerprint density at radius 3 is 2.55 bits per heavy atom. The summed E-state index contributed by atoms with van der Waals surface area (Å²) in [4.78, 5) is 21.2. The van der Waals surface area contributed by atoms with Crippen LogP contribution >= 0.6 is 0 Å². The first-order valence-corrected chi connectivity index (χ1v) is 7.81. The van der Waals surface area contributed by atoms with Crippen LogP contribution in [-0.2, 0) is 6.42 Å². The highest BCUT2D eigenvalue weighted by Gasteiger charge is 2.46. The molecule has 1 aromatic heterocycles. The fraction of sp³-hybridized carbons (Fsp3) is 0.625. The van der Waals surface area contributed by atoms with E-state index >= 15 is 0 Å². The van der Waals surface area contributed by atoms with E-state index in [2.05, 4.69) is 24.9 Å². The number of pyridine rings is 1. The molecule has 2 amide bonds. The molecular weight excluding hydrogens is 250 g/mol. The Hall–Kier alpha value is -1.58. The second-order valence-electron chi connectivity index (χ2n) is 5.74. The zero-order valence-electron chi connectivity index (χ0n) is 12.4. The molecule has 108 valence electrons. The van der Waals surface area contributed by atoms with E-state index in [0.717, 1.165) is 31.6 Å². The minimum Gasteiger partial charge on any atom is -0.320 e. The third-order valence-corrected chi connectivity index (χ3v) is 4.68. The van der Waals surface area contributed by atoms with Crippen LogP contribution in [0.4, 0.5) is 10.6 Å². The molecule has 2 atom stereocenters. The van der Waals surface area contributed by atoms with Crippen molar-refractivity contribution in [1.29, 1.82) is 0 Å². The Kier molecular flexibility index (Phi) is 3.64. The minimum absolute atomic E-state index is 0.140. The minimum atomic E-state index is 0.140. The van der Waals surface area contributed by atoms with Crippen molar-refractivity contribution in [2.75, 3.05) is 11.4 Å². The fourth-order valence-electron chi connectivity index (χ4n) is 3.58. The Morgan fingerprint density at radius 1 is 1.20 bits per heavy atom. The van der Waals surface area contributed by atoms with E-state index in [1.54, 1.807) is 0 Å². The highest BCUT2D eigenvalue weighted by atomic mass is 16.2. The molecule has 1 aromatic rings. The predicted molar refractivity (Wildman–Crippen MR) is 79.9 cm³/mol. The molecule has 1 aliphatic heterocycles. The maximum atomic E-state index is 12.7. The highest BCUT2D eigenvalue weighted by Crippen LogP contribution is 2.36. The number of urea groups is 1. The zero-order valence-corrected chi connectivity index (χ0v) is 12.4. The average molecular weight is 273 g/mol. The second kappa shape index (κ2) is 5.43. The summed E-state index contributed by atoms with van der Waals surface area (Å²) in [5.74, 6) is 0.819. The highest BCUT2D eigenvalue weighted by molar-refractivity contribution is 5.94. The predicted octanol–water partition coefficient (Wildman–Crippen LogP) is 3.22. The molecule has 2 aliphatic rings. The normalized spacial score (nSPS) is 26.0. The lowest BCUT2D eigenvalue weighted by molar-refractivity contribution is 0.195. The van der Waals surface area contributed by atoms with Crippen LogP contribution < -0.4 is 4.90 Å². The van der Waals surface area contributed by atoms with Crippen molar-refractivity contribution in [3.05, 3.63) is 23.9 Å². The van der Waals surface area contributed by atoms with Gasteiger partial charge < -0.3 is 4.90 Å². The second-order valence-corrected chi connectivity index (χ2v) is 5.74. The largest absolute Gasteiger partial charge is 0.326 e. The molecule has 2 unspecified atom stereocenters. The number of aryl methyl sites for hydroxylation is 1. The average Bonchev–Trinajstić information content (AvgIpc) is 2.79. The number of nitrogens with zero attached hydrogens (tertiary/aromatic N) is 3. The molecule has 2 heterocycles. The Labute approximate surface area is 120 Å². The van der Waals surface area contributed by atoms with Gasteiger partial charge in [0.15, 0.2) is 0 Å². The van der Waals surface area contributed by atoms with Gasteiger partial charge in [-0.2, -0.15) is 0 Å². The molecule has 4 heteroatoms. The van der Waals surface area contributed by atoms with E-state index in [1.165, 1.54) is 18.4 Å². The first-order valence-electron chi connectivity index (χ1n) is 7.81. The molecule has 1 saturated heterocycles. The number of carbonyl (C=O) groups is 1. The molecule has 3 rings (SSSR count). The van der Waals surface area contributed by atoms with Crippen LogP contribution in [0.1, 0.15) is 45.1 Å². The fourth-order valence-corrected chi connectivity index (χ4v) is 3.58. The molecule has 20 heavy (non-hydrogen) atoms. The summed E-state index contributed by atoms with van der Waals surface area (Å²) in [6, 6.07) is 4.93. The van der Waals surface area contributed by atoms with Crippen molar-refractivity contribution in [2.24, 2.45) is 0 Å². The summed E-state index contributed by atoms with van der Waals surface area (Å²) in [5.41, 5.74) is 1.22. The van der Waals surface area contributed by atoms with Gasteiger partial charge in [-0.3, -0.25) is 4.90 Å². The lowest BCUT2D eigenvalue weighted by Gasteiger charge is -2.31. The van der Waals surface area contributed by atoms with Crippen LogP contribution in [0.15, 0.2) is 18.3 Å². The van der Waals surface area contributed by atoms with Crippen LogP contribution in [-0.4, -0.2) is 34.5 Å². The number of hydrogen-bond donors (Lipinski definition) is 0. The molecule has 0 spiro atoms. The first-order chi connectivity index (χ1) is 9.76. The van der Waals surface area contributed by atoms with Gasteiger partial charge in [-0.05, 0) is 37.8 Å². The first kappa shape index (κ1) is 13.4. The maximum Gasteiger partial charge on any atom is 0.326 e. The van der Waals surface area contributed by atoms with Gasteiger partial charge in [0.2, 0.25) is 0 Å². The number of aromatic nitrogens is 1. The van der Waals surface area contributed by atoms with Gasteiger partial charge in [-0.25, -0.2) is 9.78 Å². The number of likely N-dealkylation sites (N-methyl/N-ethyl adjacent to an activating group) is 1. The number of amides is 2. The Morgan fingerprint density at radius 2 is 1.95 bits per heavy atom. The van der Waals surface area contributed by atoms with Gasteiger partial charge in [0.05, 0.1) is 12.1 Å². The van der Waals surface area contributed by atoms with Crippen LogP contribution in [0.25, 0.3) is 0 Å². The Bertz CT molecular complexity index is 485. The number of carbonyl (C=O) groups excluding carboxylic acids is 1. The third-order valence-electron chi connectivity index (χ3n) is 4.68. The molecule has 0 bridgehead atoms. The molecule has 1 aliphatic carbocycles. The topological polar surface area (TPSA) is 36.4 Å². The van der Waals surface area contributed by atoms with Crippen molar-refractivity contribution in [3.63, 3.8) is 0 Å². The van der Waals surface area contributed by atoms with Crippen molar-refractivity contribution in [2.45, 2.75) is 58.0 Å². The summed E-state index contributed by atoms with van der Waals surface area (Å²) in [6.45, 7) is 4.98. The quantitative estimate of drug-likeness (QED) is 0.848. The molecule has 4 nitrogen and oxygen atoms in total. The summed E-state index contributed by atoms with van der Waals surface area (Å²) in [7, 11) is 0. The van der Waals surface area contributed by atoms with Crippen LogP contribution in [0, 0.1) is 0 Å². The van der Waals surface area contributed by atoms with Gasteiger partial charge in [-0.15, -0.1) is 0 Å². The Balaban J connectivity index is 1.92. The van der Waals surface area contributed by atoms with E-state index in [4.69, 9.17) is 0 Å². The van der Waals surface area contributed by atoms with E-state index in [0.29, 0.717) is 12.1 Å². The number of anilines is 1. The molecule has 2 fully saturated rings. The molecule has 0 aromatic carbocycles. The van der Waals surface area contributed by atoms with Gasteiger partial charge in [0.25, 0.3) is 0 Å². The van der Waals surface area contributed by atoms with Crippen LogP contribution in [0.2, 0.25) is 0 Å².